The van der Waals surface area contributed by atoms with Gasteiger partial charge in [0.15, 0.2) is 5.58 Å². The zero-order valence-electron chi connectivity index (χ0n) is 22.4. The number of aromatic nitrogens is 1. The molecule has 0 saturated heterocycles. The fraction of sp³-hybridized carbons (Fsp3) is 0.200. The van der Waals surface area contributed by atoms with E-state index in [1.54, 1.807) is 42.1 Å². The van der Waals surface area contributed by atoms with E-state index in [2.05, 4.69) is 4.98 Å². The van der Waals surface area contributed by atoms with Crippen LogP contribution in [0.3, 0.4) is 0 Å². The molecule has 0 bridgehead atoms. The zero-order valence-corrected chi connectivity index (χ0v) is 24.9. The van der Waals surface area contributed by atoms with Gasteiger partial charge < -0.3 is 14.0 Å². The van der Waals surface area contributed by atoms with Gasteiger partial charge in [-0.1, -0.05) is 35.9 Å². The summed E-state index contributed by atoms with van der Waals surface area (Å²) >= 11 is 7.32. The molecule has 5 rings (SSSR count). The Bertz CT molecular complexity index is 1710. The number of rotatable bonds is 9. The minimum atomic E-state index is -3.73. The maximum atomic E-state index is 14.7. The number of carboxylic acids is 1. The third kappa shape index (κ3) is 5.20. The summed E-state index contributed by atoms with van der Waals surface area (Å²) < 4.78 is 28.3. The number of hydrogen-bond acceptors (Lipinski definition) is 6. The van der Waals surface area contributed by atoms with Crippen molar-refractivity contribution in [3.05, 3.63) is 88.4 Å². The average Bonchev–Trinajstić information content (AvgIpc) is 3.54. The molecule has 40 heavy (non-hydrogen) atoms. The van der Waals surface area contributed by atoms with E-state index in [-0.39, 0.29) is 17.5 Å². The second-order valence-electron chi connectivity index (χ2n) is 9.51. The van der Waals surface area contributed by atoms with Crippen LogP contribution in [-0.4, -0.2) is 28.7 Å². The lowest BCUT2D eigenvalue weighted by molar-refractivity contribution is 0.0703. The van der Waals surface area contributed by atoms with Crippen LogP contribution in [-0.2, 0) is 9.09 Å². The smallest absolute Gasteiger partial charge is 0.348 e. The van der Waals surface area contributed by atoms with Crippen LogP contribution in [0.2, 0.25) is 5.02 Å². The highest BCUT2D eigenvalue weighted by Crippen LogP contribution is 2.56. The molecule has 0 saturated carbocycles. The van der Waals surface area contributed by atoms with Crippen molar-refractivity contribution in [2.75, 3.05) is 11.3 Å². The molecule has 0 aliphatic rings. The predicted octanol–water partition coefficient (Wildman–Crippen LogP) is 8.65. The lowest BCUT2D eigenvalue weighted by Gasteiger charge is -2.36. The Morgan fingerprint density at radius 1 is 1.12 bits per heavy atom. The van der Waals surface area contributed by atoms with Crippen molar-refractivity contribution in [1.82, 2.24) is 4.98 Å². The first-order valence-electron chi connectivity index (χ1n) is 12.8. The number of nitrogens with zero attached hydrogens (tertiary/aromatic N) is 2. The van der Waals surface area contributed by atoms with Crippen molar-refractivity contribution in [2.45, 2.75) is 33.7 Å². The topological polar surface area (TPSA) is 92.9 Å². The zero-order chi connectivity index (χ0) is 28.6. The van der Waals surface area contributed by atoms with E-state index >= 15 is 0 Å². The highest BCUT2D eigenvalue weighted by atomic mass is 35.5. The van der Waals surface area contributed by atoms with E-state index < -0.39 is 13.5 Å². The number of thiophene rings is 1. The lowest BCUT2D eigenvalue weighted by Crippen LogP contribution is -2.34. The molecule has 2 aromatic carbocycles. The highest BCUT2D eigenvalue weighted by molar-refractivity contribution is 7.68. The minimum absolute atomic E-state index is 0.0858. The number of halogens is 1. The summed E-state index contributed by atoms with van der Waals surface area (Å²) in [6.45, 7) is 7.52. The highest BCUT2D eigenvalue weighted by Gasteiger charge is 2.40. The molecule has 0 aliphatic carbocycles. The van der Waals surface area contributed by atoms with E-state index in [1.165, 1.54) is 0 Å². The maximum Gasteiger partial charge on any atom is 0.348 e. The maximum absolute atomic E-state index is 14.7. The first-order valence-corrected chi connectivity index (χ1v) is 15.5. The number of aryl methyl sites for hydroxylation is 1. The predicted molar refractivity (Wildman–Crippen MR) is 162 cm³/mol. The first kappa shape index (κ1) is 28.1. The largest absolute Gasteiger partial charge is 0.477 e. The third-order valence-corrected chi connectivity index (χ3v) is 10.8. The number of carbonyl (C=O) groups is 1. The standard InChI is InChI=1S/C30H28ClN2O5PS/c1-5-37-39(36,27-13-12-22(31)15-19(27)4)33(18(2)3)24-17-28(40-29(24)30(34)35)21-10-8-20(9-11-21)26-16-23-25(38-26)7-6-14-32-23/h6-18H,5H2,1-4H3,(H,34,35). The van der Waals surface area contributed by atoms with E-state index in [9.17, 15) is 14.5 Å². The molecule has 5 aromatic rings. The number of benzene rings is 2. The van der Waals surface area contributed by atoms with E-state index in [0.29, 0.717) is 32.9 Å². The molecule has 1 unspecified atom stereocenters. The Labute approximate surface area is 241 Å². The van der Waals surface area contributed by atoms with Gasteiger partial charge in [-0.05, 0) is 75.2 Å². The second-order valence-corrected chi connectivity index (χ2v) is 13.2. The minimum Gasteiger partial charge on any atom is -0.477 e. The quantitative estimate of drug-likeness (QED) is 0.171. The van der Waals surface area contributed by atoms with E-state index in [0.717, 1.165) is 32.9 Å². The summed E-state index contributed by atoms with van der Waals surface area (Å²) in [6, 6.07) is 19.8. The second kappa shape index (κ2) is 11.2. The van der Waals surface area contributed by atoms with Gasteiger partial charge in [0.05, 0.1) is 17.6 Å². The molecule has 1 N–H and O–H groups in total. The van der Waals surface area contributed by atoms with Crippen molar-refractivity contribution < 1.29 is 23.4 Å². The summed E-state index contributed by atoms with van der Waals surface area (Å²) in [4.78, 5) is 17.6. The van der Waals surface area contributed by atoms with Crippen LogP contribution in [0.25, 0.3) is 32.9 Å². The summed E-state index contributed by atoms with van der Waals surface area (Å²) in [5.74, 6) is -0.403. The van der Waals surface area contributed by atoms with Crippen molar-refractivity contribution >= 4 is 58.5 Å². The number of anilines is 1. The molecule has 0 radical (unpaired) electrons. The van der Waals surface area contributed by atoms with Crippen LogP contribution in [0.1, 0.15) is 36.0 Å². The molecular weight excluding hydrogens is 567 g/mol. The number of fused-ring (bicyclic) bond motifs is 1. The fourth-order valence-corrected chi connectivity index (χ4v) is 8.70. The molecule has 0 aliphatic heterocycles. The number of aromatic carboxylic acids is 1. The van der Waals surface area contributed by atoms with Crippen LogP contribution < -0.4 is 9.97 Å². The fourth-order valence-electron chi connectivity index (χ4n) is 4.74. The SMILES string of the molecule is CCOP(=O)(c1ccc(Cl)cc1C)N(c1cc(-c2ccc(-c3cc4ncccc4o3)cc2)sc1C(=O)O)C(C)C. The van der Waals surface area contributed by atoms with Gasteiger partial charge in [-0.25, -0.2) is 4.79 Å². The van der Waals surface area contributed by atoms with Crippen molar-refractivity contribution in [3.8, 4) is 21.8 Å². The molecule has 3 aromatic heterocycles. The van der Waals surface area contributed by atoms with Crippen molar-refractivity contribution in [2.24, 2.45) is 0 Å². The molecule has 7 nitrogen and oxygen atoms in total. The Morgan fingerprint density at radius 2 is 1.85 bits per heavy atom. The monoisotopic (exact) mass is 594 g/mol. The van der Waals surface area contributed by atoms with Crippen molar-refractivity contribution in [1.29, 1.82) is 0 Å². The van der Waals surface area contributed by atoms with Gasteiger partial charge in [0.1, 0.15) is 16.2 Å². The number of carboxylic acid groups (broad SMARTS) is 1. The molecule has 10 heteroatoms. The van der Waals surface area contributed by atoms with Gasteiger partial charge in [-0.2, -0.15) is 0 Å². The van der Waals surface area contributed by atoms with Gasteiger partial charge in [0, 0.05) is 33.8 Å². The molecule has 3 heterocycles. The summed E-state index contributed by atoms with van der Waals surface area (Å²) in [6.07, 6.45) is 1.72. The molecule has 0 amide bonds. The van der Waals surface area contributed by atoms with Gasteiger partial charge in [-0.3, -0.25) is 14.2 Å². The normalized spacial score (nSPS) is 13.1. The molecule has 0 fully saturated rings. The summed E-state index contributed by atoms with van der Waals surface area (Å²) in [5, 5.41) is 11.2. The third-order valence-electron chi connectivity index (χ3n) is 6.44. The van der Waals surface area contributed by atoms with Crippen LogP contribution in [0.4, 0.5) is 5.69 Å². The molecular formula is C30H28ClN2O5PS. The number of hydrogen-bond donors (Lipinski definition) is 1. The number of pyridine rings is 1. The molecule has 1 atom stereocenters. The van der Waals surface area contributed by atoms with Crippen LogP contribution in [0.15, 0.2) is 77.3 Å². The summed E-state index contributed by atoms with van der Waals surface area (Å²) in [5.41, 5.74) is 4.24. The lowest BCUT2D eigenvalue weighted by atomic mass is 10.1. The average molecular weight is 595 g/mol. The van der Waals surface area contributed by atoms with Crippen LogP contribution in [0.5, 0.6) is 0 Å². The van der Waals surface area contributed by atoms with Crippen molar-refractivity contribution in [3.63, 3.8) is 0 Å². The van der Waals surface area contributed by atoms with Gasteiger partial charge in [0.25, 0.3) is 0 Å². The Kier molecular flexibility index (Phi) is 7.89. The van der Waals surface area contributed by atoms with Gasteiger partial charge in [-0.15, -0.1) is 11.3 Å². The number of furan rings is 1. The molecule has 0 spiro atoms. The van der Waals surface area contributed by atoms with E-state index in [4.69, 9.17) is 20.5 Å². The summed E-state index contributed by atoms with van der Waals surface area (Å²) in [7, 11) is -3.73. The molecule has 206 valence electrons. The Balaban J connectivity index is 1.58. The van der Waals surface area contributed by atoms with Crippen LogP contribution >= 0.6 is 30.5 Å². The van der Waals surface area contributed by atoms with E-state index in [1.807, 2.05) is 63.2 Å². The van der Waals surface area contributed by atoms with Gasteiger partial charge in [0.2, 0.25) is 0 Å². The van der Waals surface area contributed by atoms with Gasteiger partial charge >= 0.3 is 13.5 Å². The Morgan fingerprint density at radius 3 is 2.48 bits per heavy atom. The first-order chi connectivity index (χ1) is 19.1. The van der Waals surface area contributed by atoms with Crippen LogP contribution in [0, 0.1) is 6.92 Å². The Hall–Kier alpha value is -3.42.